The number of thioether (sulfide) groups is 1. The zero-order chi connectivity index (χ0) is 18.8. The molecule has 2 heterocycles. The quantitative estimate of drug-likeness (QED) is 0.361. The van der Waals surface area contributed by atoms with Gasteiger partial charge in [0.15, 0.2) is 5.82 Å². The fourth-order valence-electron chi connectivity index (χ4n) is 2.85. The van der Waals surface area contributed by atoms with E-state index in [1.807, 2.05) is 80.0 Å². The van der Waals surface area contributed by atoms with Crippen LogP contribution in [0.1, 0.15) is 5.56 Å². The molecular formula is C21H17N3OS2. The van der Waals surface area contributed by atoms with Crippen molar-refractivity contribution in [1.29, 1.82) is 0 Å². The standard InChI is InChI=1S/C21H17N3OS2/c1-14-13-24(21(25)23-19(14)26-2)18-17(15-9-5-3-6-10-15)27-20(22-18)16-11-7-4-8-12-16/h3-13H,1-2H3. The second kappa shape index (κ2) is 7.50. The van der Waals surface area contributed by atoms with Gasteiger partial charge in [0, 0.05) is 11.8 Å². The molecule has 0 aliphatic heterocycles. The first kappa shape index (κ1) is 17.7. The average molecular weight is 392 g/mol. The van der Waals surface area contributed by atoms with Crippen LogP contribution in [-0.2, 0) is 0 Å². The highest BCUT2D eigenvalue weighted by molar-refractivity contribution is 7.98. The third-order valence-corrected chi connectivity index (χ3v) is 6.09. The van der Waals surface area contributed by atoms with Crippen molar-refractivity contribution >= 4 is 23.1 Å². The molecule has 4 nitrogen and oxygen atoms in total. The van der Waals surface area contributed by atoms with Gasteiger partial charge in [0.05, 0.1) is 4.88 Å². The first-order chi connectivity index (χ1) is 13.2. The summed E-state index contributed by atoms with van der Waals surface area (Å²) in [6.07, 6.45) is 3.75. The summed E-state index contributed by atoms with van der Waals surface area (Å²) in [4.78, 5) is 22.7. The van der Waals surface area contributed by atoms with Crippen molar-refractivity contribution in [3.05, 3.63) is 82.9 Å². The van der Waals surface area contributed by atoms with Gasteiger partial charge in [-0.1, -0.05) is 60.7 Å². The SMILES string of the molecule is CSc1nc(=O)n(-c2nc(-c3ccccc3)sc2-c2ccccc2)cc1C. The maximum absolute atomic E-state index is 12.7. The summed E-state index contributed by atoms with van der Waals surface area (Å²) in [6.45, 7) is 1.96. The molecule has 134 valence electrons. The number of aromatic nitrogens is 3. The van der Waals surface area contributed by atoms with Gasteiger partial charge < -0.3 is 0 Å². The minimum atomic E-state index is -0.313. The minimum absolute atomic E-state index is 0.313. The van der Waals surface area contributed by atoms with Crippen molar-refractivity contribution in [2.45, 2.75) is 11.9 Å². The van der Waals surface area contributed by atoms with Crippen LogP contribution in [0.5, 0.6) is 0 Å². The highest BCUT2D eigenvalue weighted by Gasteiger charge is 2.18. The Hall–Kier alpha value is -2.70. The van der Waals surface area contributed by atoms with Crippen molar-refractivity contribution in [2.75, 3.05) is 6.26 Å². The highest BCUT2D eigenvalue weighted by Crippen LogP contribution is 2.37. The summed E-state index contributed by atoms with van der Waals surface area (Å²) in [5.41, 5.74) is 2.71. The number of thiazole rings is 1. The van der Waals surface area contributed by atoms with E-state index in [4.69, 9.17) is 4.98 Å². The molecule has 6 heteroatoms. The molecule has 4 aromatic rings. The van der Waals surface area contributed by atoms with Gasteiger partial charge in [-0.3, -0.25) is 0 Å². The molecule has 0 aliphatic carbocycles. The Morgan fingerprint density at radius 3 is 2.19 bits per heavy atom. The van der Waals surface area contributed by atoms with Crippen LogP contribution < -0.4 is 5.69 Å². The lowest BCUT2D eigenvalue weighted by atomic mass is 10.2. The summed E-state index contributed by atoms with van der Waals surface area (Å²) in [6, 6.07) is 20.0. The predicted molar refractivity (Wildman–Crippen MR) is 113 cm³/mol. The van der Waals surface area contributed by atoms with Gasteiger partial charge in [0.2, 0.25) is 0 Å². The van der Waals surface area contributed by atoms with E-state index < -0.39 is 0 Å². The van der Waals surface area contributed by atoms with Gasteiger partial charge in [0.1, 0.15) is 10.0 Å². The van der Waals surface area contributed by atoms with Crippen LogP contribution in [0.4, 0.5) is 0 Å². The number of rotatable bonds is 4. The largest absolute Gasteiger partial charge is 0.354 e. The number of aryl methyl sites for hydroxylation is 1. The van der Waals surface area contributed by atoms with E-state index >= 15 is 0 Å². The molecule has 0 N–H and O–H groups in total. The third kappa shape index (κ3) is 3.46. The van der Waals surface area contributed by atoms with Crippen molar-refractivity contribution < 1.29 is 0 Å². The molecule has 0 aliphatic rings. The van der Waals surface area contributed by atoms with Crippen molar-refractivity contribution in [3.8, 4) is 26.8 Å². The topological polar surface area (TPSA) is 47.8 Å². The Morgan fingerprint density at radius 1 is 0.926 bits per heavy atom. The second-order valence-corrected chi connectivity index (χ2v) is 7.78. The molecule has 4 rings (SSSR count). The van der Waals surface area contributed by atoms with E-state index in [-0.39, 0.29) is 5.69 Å². The van der Waals surface area contributed by atoms with Crippen LogP contribution in [0.2, 0.25) is 0 Å². The zero-order valence-corrected chi connectivity index (χ0v) is 16.6. The Kier molecular flexibility index (Phi) is 4.92. The van der Waals surface area contributed by atoms with Gasteiger partial charge >= 0.3 is 5.69 Å². The molecule has 0 bridgehead atoms. The van der Waals surface area contributed by atoms with Gasteiger partial charge in [-0.05, 0) is 24.3 Å². The molecule has 0 atom stereocenters. The zero-order valence-electron chi connectivity index (χ0n) is 14.9. The number of benzene rings is 2. The predicted octanol–water partition coefficient (Wildman–Crippen LogP) is 5.05. The van der Waals surface area contributed by atoms with Gasteiger partial charge in [-0.25, -0.2) is 14.3 Å². The van der Waals surface area contributed by atoms with E-state index in [9.17, 15) is 4.79 Å². The van der Waals surface area contributed by atoms with Crippen LogP contribution in [0.3, 0.4) is 0 Å². The van der Waals surface area contributed by atoms with Gasteiger partial charge in [-0.15, -0.1) is 23.1 Å². The van der Waals surface area contributed by atoms with Crippen molar-refractivity contribution in [3.63, 3.8) is 0 Å². The van der Waals surface area contributed by atoms with Gasteiger partial charge in [-0.2, -0.15) is 4.98 Å². The minimum Gasteiger partial charge on any atom is -0.250 e. The molecule has 2 aromatic carbocycles. The molecule has 0 unspecified atom stereocenters. The Labute approximate surface area is 165 Å². The lowest BCUT2D eigenvalue weighted by Gasteiger charge is -2.08. The molecule has 27 heavy (non-hydrogen) atoms. The number of hydrogen-bond acceptors (Lipinski definition) is 5. The summed E-state index contributed by atoms with van der Waals surface area (Å²) >= 11 is 3.06. The normalized spacial score (nSPS) is 10.9. The first-order valence-corrected chi connectivity index (χ1v) is 10.5. The monoisotopic (exact) mass is 391 g/mol. The van der Waals surface area contributed by atoms with E-state index in [1.165, 1.54) is 11.8 Å². The average Bonchev–Trinajstić information content (AvgIpc) is 3.16. The smallest absolute Gasteiger partial charge is 0.250 e. The fourth-order valence-corrected chi connectivity index (χ4v) is 4.46. The Bertz CT molecular complexity index is 1140. The summed E-state index contributed by atoms with van der Waals surface area (Å²) in [5, 5.41) is 1.62. The number of nitrogens with zero attached hydrogens (tertiary/aromatic N) is 3. The lowest BCUT2D eigenvalue weighted by molar-refractivity contribution is 0.833. The second-order valence-electron chi connectivity index (χ2n) is 5.99. The van der Waals surface area contributed by atoms with Crippen LogP contribution >= 0.6 is 23.1 Å². The maximum atomic E-state index is 12.7. The number of hydrogen-bond donors (Lipinski definition) is 0. The molecule has 2 aromatic heterocycles. The molecular weight excluding hydrogens is 374 g/mol. The van der Waals surface area contributed by atoms with Crippen LogP contribution in [0.25, 0.3) is 26.8 Å². The first-order valence-electron chi connectivity index (χ1n) is 8.43. The molecule has 0 radical (unpaired) electrons. The van der Waals surface area contributed by atoms with Crippen LogP contribution in [0, 0.1) is 6.92 Å². The summed E-state index contributed by atoms with van der Waals surface area (Å²) in [5.74, 6) is 0.623. The van der Waals surface area contributed by atoms with Gasteiger partial charge in [0.25, 0.3) is 0 Å². The molecule has 0 saturated heterocycles. The molecule has 0 spiro atoms. The third-order valence-electron chi connectivity index (χ3n) is 4.15. The molecule has 0 saturated carbocycles. The van der Waals surface area contributed by atoms with E-state index in [0.717, 1.165) is 31.6 Å². The fraction of sp³-hybridized carbons (Fsp3) is 0.0952. The Balaban J connectivity index is 1.96. The van der Waals surface area contributed by atoms with E-state index in [1.54, 1.807) is 15.9 Å². The Morgan fingerprint density at radius 2 is 1.56 bits per heavy atom. The summed E-state index contributed by atoms with van der Waals surface area (Å²) < 4.78 is 1.56. The summed E-state index contributed by atoms with van der Waals surface area (Å²) in [7, 11) is 0. The molecule has 0 fully saturated rings. The molecule has 0 amide bonds. The maximum Gasteiger partial charge on any atom is 0.354 e. The van der Waals surface area contributed by atoms with E-state index in [0.29, 0.717) is 5.82 Å². The lowest BCUT2D eigenvalue weighted by Crippen LogP contribution is -2.22. The van der Waals surface area contributed by atoms with Crippen molar-refractivity contribution in [1.82, 2.24) is 14.5 Å². The van der Waals surface area contributed by atoms with Crippen molar-refractivity contribution in [2.24, 2.45) is 0 Å². The highest BCUT2D eigenvalue weighted by atomic mass is 32.2. The van der Waals surface area contributed by atoms with E-state index in [2.05, 4.69) is 4.98 Å². The van der Waals surface area contributed by atoms with Crippen LogP contribution in [0.15, 0.2) is 76.7 Å². The van der Waals surface area contributed by atoms with Crippen LogP contribution in [-0.4, -0.2) is 20.8 Å².